The first-order valence-electron chi connectivity index (χ1n) is 4.95. The van der Waals surface area contributed by atoms with Gasteiger partial charge in [-0.1, -0.05) is 0 Å². The molecule has 1 atom stereocenters. The Morgan fingerprint density at radius 1 is 1.53 bits per heavy atom. The zero-order valence-corrected chi connectivity index (χ0v) is 8.27. The molecule has 1 aliphatic heterocycles. The van der Waals surface area contributed by atoms with Crippen molar-refractivity contribution in [1.82, 2.24) is 5.32 Å². The lowest BCUT2D eigenvalue weighted by Crippen LogP contribution is -2.14. The van der Waals surface area contributed by atoms with Crippen molar-refractivity contribution in [2.24, 2.45) is 0 Å². The summed E-state index contributed by atoms with van der Waals surface area (Å²) in [5.74, 6) is 0. The smallest absolute Gasteiger partial charge is 0.271 e. The molecule has 0 aromatic heterocycles. The summed E-state index contributed by atoms with van der Waals surface area (Å²) >= 11 is 0. The Hall–Kier alpha value is -1.62. The number of hydrogen-bond acceptors (Lipinski definition) is 4. The summed E-state index contributed by atoms with van der Waals surface area (Å²) in [4.78, 5) is 10.1. The van der Waals surface area contributed by atoms with E-state index in [4.69, 9.17) is 5.73 Å². The van der Waals surface area contributed by atoms with Crippen LogP contribution in [-0.4, -0.2) is 11.5 Å². The van der Waals surface area contributed by atoms with Crippen LogP contribution in [0.15, 0.2) is 18.2 Å². The van der Waals surface area contributed by atoms with Crippen molar-refractivity contribution in [2.75, 3.05) is 12.3 Å². The predicted molar refractivity (Wildman–Crippen MR) is 57.5 cm³/mol. The standard InChI is InChI=1S/C10H13N3O2/c11-9-6-7(13(14)15)3-4-8(9)10-2-1-5-12-10/h3-4,6,10,12H,1-2,5,11H2/t10-/m0/s1. The molecule has 1 aromatic rings. The zero-order valence-electron chi connectivity index (χ0n) is 8.27. The molecule has 0 aliphatic carbocycles. The van der Waals surface area contributed by atoms with Gasteiger partial charge in [0.1, 0.15) is 0 Å². The van der Waals surface area contributed by atoms with Gasteiger partial charge in [-0.3, -0.25) is 10.1 Å². The van der Waals surface area contributed by atoms with E-state index in [1.54, 1.807) is 6.07 Å². The molecule has 1 fully saturated rings. The number of rotatable bonds is 2. The van der Waals surface area contributed by atoms with Crippen LogP contribution >= 0.6 is 0 Å². The topological polar surface area (TPSA) is 81.2 Å². The first-order valence-corrected chi connectivity index (χ1v) is 4.95. The molecule has 0 saturated carbocycles. The molecule has 5 nitrogen and oxygen atoms in total. The maximum Gasteiger partial charge on any atom is 0.271 e. The Labute approximate surface area is 87.4 Å². The van der Waals surface area contributed by atoms with E-state index in [0.29, 0.717) is 5.69 Å². The highest BCUT2D eigenvalue weighted by atomic mass is 16.6. The van der Waals surface area contributed by atoms with Crippen molar-refractivity contribution in [3.8, 4) is 0 Å². The second kappa shape index (κ2) is 3.86. The van der Waals surface area contributed by atoms with Crippen LogP contribution in [0.25, 0.3) is 0 Å². The fourth-order valence-electron chi connectivity index (χ4n) is 1.94. The van der Waals surface area contributed by atoms with Crippen LogP contribution in [0.3, 0.4) is 0 Å². The number of nitro groups is 1. The molecule has 1 aliphatic rings. The number of hydrogen-bond donors (Lipinski definition) is 2. The monoisotopic (exact) mass is 207 g/mol. The lowest BCUT2D eigenvalue weighted by atomic mass is 10.0. The van der Waals surface area contributed by atoms with Gasteiger partial charge in [-0.15, -0.1) is 0 Å². The van der Waals surface area contributed by atoms with E-state index in [0.717, 1.165) is 24.9 Å². The Morgan fingerprint density at radius 3 is 2.87 bits per heavy atom. The maximum atomic E-state index is 10.5. The molecule has 80 valence electrons. The summed E-state index contributed by atoms with van der Waals surface area (Å²) in [7, 11) is 0. The fourth-order valence-corrected chi connectivity index (χ4v) is 1.94. The predicted octanol–water partition coefficient (Wildman–Crippen LogP) is 1.60. The second-order valence-electron chi connectivity index (χ2n) is 3.72. The number of benzene rings is 1. The number of nitrogens with one attached hydrogen (secondary N) is 1. The molecule has 2 rings (SSSR count). The van der Waals surface area contributed by atoms with Gasteiger partial charge < -0.3 is 11.1 Å². The SMILES string of the molecule is Nc1cc([N+](=O)[O-])ccc1[C@@H]1CCCN1. The molecule has 3 N–H and O–H groups in total. The minimum Gasteiger partial charge on any atom is -0.398 e. The zero-order chi connectivity index (χ0) is 10.8. The van der Waals surface area contributed by atoms with Crippen molar-refractivity contribution < 1.29 is 4.92 Å². The van der Waals surface area contributed by atoms with Gasteiger partial charge in [-0.2, -0.15) is 0 Å². The molecule has 15 heavy (non-hydrogen) atoms. The highest BCUT2D eigenvalue weighted by Crippen LogP contribution is 2.29. The molecule has 1 saturated heterocycles. The number of nitrogens with zero attached hydrogens (tertiary/aromatic N) is 1. The van der Waals surface area contributed by atoms with Gasteiger partial charge in [0.25, 0.3) is 5.69 Å². The van der Waals surface area contributed by atoms with E-state index in [1.807, 2.05) is 0 Å². The summed E-state index contributed by atoms with van der Waals surface area (Å²) in [6.45, 7) is 0.987. The summed E-state index contributed by atoms with van der Waals surface area (Å²) in [5.41, 5.74) is 7.32. The van der Waals surface area contributed by atoms with Gasteiger partial charge in [0.2, 0.25) is 0 Å². The summed E-state index contributed by atoms with van der Waals surface area (Å²) in [5, 5.41) is 13.8. The molecule has 1 aromatic carbocycles. The first-order chi connectivity index (χ1) is 7.18. The number of non-ortho nitro benzene ring substituents is 1. The fraction of sp³-hybridized carbons (Fsp3) is 0.400. The highest BCUT2D eigenvalue weighted by molar-refractivity contribution is 5.55. The quantitative estimate of drug-likeness (QED) is 0.438. The van der Waals surface area contributed by atoms with Gasteiger partial charge in [0.05, 0.1) is 4.92 Å². The minimum absolute atomic E-state index is 0.0502. The molecule has 5 heteroatoms. The van der Waals surface area contributed by atoms with Gasteiger partial charge in [-0.25, -0.2) is 0 Å². The molecular formula is C10H13N3O2. The van der Waals surface area contributed by atoms with Crippen LogP contribution in [0.2, 0.25) is 0 Å². The summed E-state index contributed by atoms with van der Waals surface area (Å²) in [6, 6.07) is 4.93. The van der Waals surface area contributed by atoms with E-state index in [9.17, 15) is 10.1 Å². The van der Waals surface area contributed by atoms with Gasteiger partial charge in [0, 0.05) is 23.9 Å². The van der Waals surface area contributed by atoms with Crippen LogP contribution in [0, 0.1) is 10.1 Å². The lowest BCUT2D eigenvalue weighted by Gasteiger charge is -2.12. The van der Waals surface area contributed by atoms with Crippen LogP contribution < -0.4 is 11.1 Å². The molecular weight excluding hydrogens is 194 g/mol. The Morgan fingerprint density at radius 2 is 2.33 bits per heavy atom. The number of nitro benzene ring substituents is 1. The maximum absolute atomic E-state index is 10.5. The van der Waals surface area contributed by atoms with E-state index >= 15 is 0 Å². The van der Waals surface area contributed by atoms with Crippen LogP contribution in [-0.2, 0) is 0 Å². The van der Waals surface area contributed by atoms with E-state index in [-0.39, 0.29) is 11.7 Å². The third kappa shape index (κ3) is 1.92. The lowest BCUT2D eigenvalue weighted by molar-refractivity contribution is -0.384. The molecule has 0 bridgehead atoms. The summed E-state index contributed by atoms with van der Waals surface area (Å²) < 4.78 is 0. The largest absolute Gasteiger partial charge is 0.398 e. The molecule has 0 radical (unpaired) electrons. The highest BCUT2D eigenvalue weighted by Gasteiger charge is 2.19. The minimum atomic E-state index is -0.428. The second-order valence-corrected chi connectivity index (χ2v) is 3.72. The van der Waals surface area contributed by atoms with Crippen molar-refractivity contribution in [1.29, 1.82) is 0 Å². The van der Waals surface area contributed by atoms with Crippen LogP contribution in [0.4, 0.5) is 11.4 Å². The normalized spacial score (nSPS) is 20.4. The Balaban J connectivity index is 2.29. The van der Waals surface area contributed by atoms with Gasteiger partial charge in [0.15, 0.2) is 0 Å². The van der Waals surface area contributed by atoms with Gasteiger partial charge in [-0.05, 0) is 31.0 Å². The van der Waals surface area contributed by atoms with Crippen LogP contribution in [0.5, 0.6) is 0 Å². The Kier molecular flexibility index (Phi) is 2.55. The molecule has 0 amide bonds. The third-order valence-electron chi connectivity index (χ3n) is 2.72. The average molecular weight is 207 g/mol. The molecule has 0 unspecified atom stereocenters. The summed E-state index contributed by atoms with van der Waals surface area (Å²) in [6.07, 6.45) is 2.17. The van der Waals surface area contributed by atoms with E-state index < -0.39 is 4.92 Å². The van der Waals surface area contributed by atoms with Crippen LogP contribution in [0.1, 0.15) is 24.4 Å². The molecule has 0 spiro atoms. The van der Waals surface area contributed by atoms with E-state index in [1.165, 1.54) is 12.1 Å². The van der Waals surface area contributed by atoms with Crippen molar-refractivity contribution in [2.45, 2.75) is 18.9 Å². The Bertz CT molecular complexity index is 386. The number of nitrogen functional groups attached to an aromatic ring is 1. The third-order valence-corrected chi connectivity index (χ3v) is 2.72. The molecule has 1 heterocycles. The van der Waals surface area contributed by atoms with Gasteiger partial charge >= 0.3 is 0 Å². The van der Waals surface area contributed by atoms with Crippen molar-refractivity contribution >= 4 is 11.4 Å². The van der Waals surface area contributed by atoms with E-state index in [2.05, 4.69) is 5.32 Å². The number of anilines is 1. The first kappa shape index (κ1) is 9.92. The average Bonchev–Trinajstić information content (AvgIpc) is 2.70. The number of nitrogens with two attached hydrogens (primary N) is 1. The van der Waals surface area contributed by atoms with Crippen molar-refractivity contribution in [3.63, 3.8) is 0 Å². The van der Waals surface area contributed by atoms with Crippen molar-refractivity contribution in [3.05, 3.63) is 33.9 Å².